The number of benzene rings is 4. The Hall–Kier alpha value is -4.59. The Labute approximate surface area is 264 Å². The first kappa shape index (κ1) is 28.2. The third-order valence-electron chi connectivity index (χ3n) is 8.99. The smallest absolute Gasteiger partial charge is 0.238 e. The summed E-state index contributed by atoms with van der Waals surface area (Å²) in [5, 5.41) is 3.57. The molecule has 0 bridgehead atoms. The molecule has 1 amide bonds. The molecule has 1 fully saturated rings. The Kier molecular flexibility index (Phi) is 6.76. The zero-order chi connectivity index (χ0) is 30.7. The van der Waals surface area contributed by atoms with Gasteiger partial charge in [0, 0.05) is 22.5 Å². The van der Waals surface area contributed by atoms with Crippen LogP contribution >= 0.6 is 23.2 Å². The number of nitrogens with zero attached hydrogens (tertiary/aromatic N) is 1. The van der Waals surface area contributed by atoms with Crippen LogP contribution in [0, 0.1) is 5.92 Å². The first-order valence-corrected chi connectivity index (χ1v) is 14.8. The van der Waals surface area contributed by atoms with E-state index < -0.39 is 35.0 Å². The number of hydrogen-bond donors (Lipinski definition) is 1. The minimum absolute atomic E-state index is 0.155. The first-order chi connectivity index (χ1) is 21.3. The van der Waals surface area contributed by atoms with Crippen molar-refractivity contribution in [3.63, 3.8) is 0 Å². The highest BCUT2D eigenvalue weighted by molar-refractivity contribution is 6.37. The predicted molar refractivity (Wildman–Crippen MR) is 169 cm³/mol. The third-order valence-corrected chi connectivity index (χ3v) is 9.54. The van der Waals surface area contributed by atoms with E-state index >= 15 is 4.79 Å². The fourth-order valence-electron chi connectivity index (χ4n) is 7.19. The number of carbonyl (C=O) groups is 3. The Morgan fingerprint density at radius 3 is 2.41 bits per heavy atom. The number of carbonyl (C=O) groups excluding carboxylic acids is 3. The van der Waals surface area contributed by atoms with Crippen molar-refractivity contribution in [2.75, 3.05) is 19.5 Å². The Morgan fingerprint density at radius 1 is 0.864 bits per heavy atom. The van der Waals surface area contributed by atoms with Gasteiger partial charge in [-0.2, -0.15) is 0 Å². The largest absolute Gasteiger partial charge is 0.497 e. The van der Waals surface area contributed by atoms with Crippen molar-refractivity contribution in [1.82, 2.24) is 4.90 Å². The van der Waals surface area contributed by atoms with Crippen LogP contribution in [0.3, 0.4) is 0 Å². The SMILES string of the molecule is COc1ccc(OC)c(C(=O)[C@@H]2[C@@H](C(=O)c3ccc(Cl)cc3Cl)N3C=Cc4ccccc4[C@@H]3[C@]23C(=O)Nc2ccccc23)c1. The molecule has 3 heterocycles. The first-order valence-electron chi connectivity index (χ1n) is 14.0. The summed E-state index contributed by atoms with van der Waals surface area (Å²) in [6.07, 6.45) is 3.71. The molecule has 1 saturated heterocycles. The molecule has 220 valence electrons. The van der Waals surface area contributed by atoms with Gasteiger partial charge >= 0.3 is 0 Å². The number of ketones is 2. The maximum Gasteiger partial charge on any atom is 0.238 e. The Morgan fingerprint density at radius 2 is 1.64 bits per heavy atom. The molecule has 0 radical (unpaired) electrons. The summed E-state index contributed by atoms with van der Waals surface area (Å²) < 4.78 is 11.1. The summed E-state index contributed by atoms with van der Waals surface area (Å²) >= 11 is 12.8. The lowest BCUT2D eigenvalue weighted by molar-refractivity contribution is -0.122. The molecule has 44 heavy (non-hydrogen) atoms. The number of halogens is 2. The average Bonchev–Trinajstić information content (AvgIpc) is 3.52. The van der Waals surface area contributed by atoms with E-state index in [0.717, 1.165) is 11.1 Å². The second-order valence-electron chi connectivity index (χ2n) is 11.0. The molecule has 4 atom stereocenters. The van der Waals surface area contributed by atoms with Crippen LogP contribution in [-0.4, -0.2) is 42.6 Å². The van der Waals surface area contributed by atoms with Crippen molar-refractivity contribution >= 4 is 52.4 Å². The molecular weight excluding hydrogens is 599 g/mol. The summed E-state index contributed by atoms with van der Waals surface area (Å²) in [5.41, 5.74) is 1.86. The Balaban J connectivity index is 1.56. The highest BCUT2D eigenvalue weighted by Gasteiger charge is 2.71. The van der Waals surface area contributed by atoms with Crippen molar-refractivity contribution in [3.05, 3.63) is 129 Å². The van der Waals surface area contributed by atoms with Crippen LogP contribution in [-0.2, 0) is 10.2 Å². The van der Waals surface area contributed by atoms with Crippen LogP contribution in [0.1, 0.15) is 43.4 Å². The number of hydrogen-bond acceptors (Lipinski definition) is 6. The maximum atomic E-state index is 15.2. The van der Waals surface area contributed by atoms with Gasteiger partial charge in [0.05, 0.1) is 36.8 Å². The fraction of sp³-hybridized carbons (Fsp3) is 0.171. The zero-order valence-electron chi connectivity index (χ0n) is 23.7. The maximum absolute atomic E-state index is 15.2. The van der Waals surface area contributed by atoms with Crippen molar-refractivity contribution in [2.45, 2.75) is 17.5 Å². The summed E-state index contributed by atoms with van der Waals surface area (Å²) in [5.74, 6) is -1.67. The lowest BCUT2D eigenvalue weighted by Gasteiger charge is -2.38. The molecule has 7 rings (SSSR count). The molecule has 9 heteroatoms. The van der Waals surface area contributed by atoms with Crippen molar-refractivity contribution in [2.24, 2.45) is 5.92 Å². The molecule has 7 nitrogen and oxygen atoms in total. The second kappa shape index (κ2) is 10.5. The Bertz CT molecular complexity index is 1910. The van der Waals surface area contributed by atoms with Gasteiger partial charge in [0.25, 0.3) is 0 Å². The van der Waals surface area contributed by atoms with E-state index in [1.165, 1.54) is 20.3 Å². The van der Waals surface area contributed by atoms with Crippen molar-refractivity contribution < 1.29 is 23.9 Å². The molecule has 3 aliphatic heterocycles. The predicted octanol–water partition coefficient (Wildman–Crippen LogP) is 6.99. The summed E-state index contributed by atoms with van der Waals surface area (Å²) in [6.45, 7) is 0. The standard InChI is InChI=1S/C35H26Cl2N2O5/c1-43-21-12-14-28(44-2)24(18-21)31(40)29-30(32(41)23-13-11-20(36)17-26(23)37)39-16-15-19-7-3-4-8-22(19)33(39)35(29)25-9-5-6-10-27(25)38-34(35)42/h3-18,29-30,33H,1-2H3,(H,38,42)/t29-,30-,33+,35+/m0/s1. The van der Waals surface area contributed by atoms with Crippen LogP contribution in [0.4, 0.5) is 5.69 Å². The molecule has 1 N–H and O–H groups in total. The fourth-order valence-corrected chi connectivity index (χ4v) is 7.69. The number of anilines is 1. The van der Waals surface area contributed by atoms with Gasteiger partial charge in [-0.3, -0.25) is 14.4 Å². The van der Waals surface area contributed by atoms with Crippen LogP contribution in [0.25, 0.3) is 6.08 Å². The minimum atomic E-state index is -1.50. The van der Waals surface area contributed by atoms with Gasteiger partial charge in [-0.05, 0) is 65.2 Å². The molecule has 1 spiro atoms. The number of rotatable bonds is 6. The van der Waals surface area contributed by atoms with E-state index in [4.69, 9.17) is 32.7 Å². The average molecular weight is 626 g/mol. The van der Waals surface area contributed by atoms with E-state index in [0.29, 0.717) is 27.8 Å². The van der Waals surface area contributed by atoms with E-state index in [1.807, 2.05) is 65.7 Å². The second-order valence-corrected chi connectivity index (χ2v) is 11.8. The van der Waals surface area contributed by atoms with Crippen molar-refractivity contribution in [1.29, 1.82) is 0 Å². The number of fused-ring (bicyclic) bond motifs is 6. The van der Waals surface area contributed by atoms with E-state index in [2.05, 4.69) is 5.32 Å². The van der Waals surface area contributed by atoms with Gasteiger partial charge in [-0.1, -0.05) is 65.7 Å². The molecule has 0 unspecified atom stereocenters. The molecule has 3 aliphatic rings. The highest BCUT2D eigenvalue weighted by Crippen LogP contribution is 2.62. The summed E-state index contributed by atoms with van der Waals surface area (Å²) in [6, 6.07) is 22.8. The van der Waals surface area contributed by atoms with Gasteiger partial charge in [-0.25, -0.2) is 0 Å². The number of ether oxygens (including phenoxy) is 2. The van der Waals surface area contributed by atoms with Gasteiger partial charge in [-0.15, -0.1) is 0 Å². The van der Waals surface area contributed by atoms with Crippen LogP contribution in [0.5, 0.6) is 11.5 Å². The number of amides is 1. The summed E-state index contributed by atoms with van der Waals surface area (Å²) in [7, 11) is 2.98. The zero-order valence-corrected chi connectivity index (χ0v) is 25.2. The van der Waals surface area contributed by atoms with Crippen molar-refractivity contribution in [3.8, 4) is 11.5 Å². The van der Waals surface area contributed by atoms with Gasteiger partial charge in [0.2, 0.25) is 5.91 Å². The van der Waals surface area contributed by atoms with Crippen LogP contribution in [0.2, 0.25) is 10.0 Å². The number of Topliss-reactive ketones (excluding diaryl/α,β-unsaturated/α-hetero) is 2. The molecule has 4 aromatic carbocycles. The topological polar surface area (TPSA) is 84.9 Å². The number of methoxy groups -OCH3 is 2. The molecule has 4 aromatic rings. The van der Waals surface area contributed by atoms with Gasteiger partial charge in [0.15, 0.2) is 11.6 Å². The van der Waals surface area contributed by atoms with Crippen LogP contribution in [0.15, 0.2) is 91.1 Å². The number of para-hydroxylation sites is 1. The lowest BCUT2D eigenvalue weighted by atomic mass is 9.62. The quantitative estimate of drug-likeness (QED) is 0.233. The van der Waals surface area contributed by atoms with E-state index in [9.17, 15) is 9.59 Å². The molecular formula is C35H26Cl2N2O5. The van der Waals surface area contributed by atoms with Gasteiger partial charge in [0.1, 0.15) is 23.0 Å². The third kappa shape index (κ3) is 3.92. The monoisotopic (exact) mass is 624 g/mol. The van der Waals surface area contributed by atoms with Gasteiger partial charge < -0.3 is 19.7 Å². The van der Waals surface area contributed by atoms with E-state index in [1.54, 1.807) is 30.3 Å². The normalized spacial score (nSPS) is 22.7. The lowest BCUT2D eigenvalue weighted by Crippen LogP contribution is -2.49. The number of nitrogens with one attached hydrogen (secondary N) is 1. The minimum Gasteiger partial charge on any atom is -0.497 e. The summed E-state index contributed by atoms with van der Waals surface area (Å²) in [4.78, 5) is 46.5. The highest BCUT2D eigenvalue weighted by atomic mass is 35.5. The molecule has 0 aliphatic carbocycles. The van der Waals surface area contributed by atoms with Crippen LogP contribution < -0.4 is 14.8 Å². The molecule has 0 saturated carbocycles. The molecule has 0 aromatic heterocycles. The van der Waals surface area contributed by atoms with E-state index in [-0.39, 0.29) is 22.1 Å².